The number of carbonyl (C=O) groups is 2. The molecule has 120 valence electrons. The van der Waals surface area contributed by atoms with E-state index in [1.807, 2.05) is 24.3 Å². The summed E-state index contributed by atoms with van der Waals surface area (Å²) in [6.07, 6.45) is 1.50. The fourth-order valence-electron chi connectivity index (χ4n) is 4.54. The van der Waals surface area contributed by atoms with E-state index in [4.69, 9.17) is 0 Å². The number of aromatic nitrogens is 1. The molecule has 1 aromatic heterocycles. The first-order valence-corrected chi connectivity index (χ1v) is 8.46. The minimum absolute atomic E-state index is 0.0666. The van der Waals surface area contributed by atoms with E-state index in [-0.39, 0.29) is 23.4 Å². The van der Waals surface area contributed by atoms with Crippen molar-refractivity contribution >= 4 is 22.5 Å². The maximum absolute atomic E-state index is 13.3. The van der Waals surface area contributed by atoms with Gasteiger partial charge in [0, 0.05) is 36.3 Å². The molecular formula is C19H22N2O2. The van der Waals surface area contributed by atoms with Gasteiger partial charge in [-0.25, -0.2) is 0 Å². The molecule has 0 unspecified atom stereocenters. The number of rotatable bonds is 1. The van der Waals surface area contributed by atoms with Crippen LogP contribution in [0.15, 0.2) is 24.3 Å². The number of fused-ring (bicyclic) bond motifs is 4. The average Bonchev–Trinajstić information content (AvgIpc) is 2.90. The number of H-pyrrole nitrogens is 1. The molecule has 0 radical (unpaired) electrons. The number of ketones is 2. The summed E-state index contributed by atoms with van der Waals surface area (Å²) in [6, 6.07) is 7.74. The third-order valence-electron chi connectivity index (χ3n) is 5.69. The summed E-state index contributed by atoms with van der Waals surface area (Å²) in [7, 11) is 2.08. The third kappa shape index (κ3) is 2.16. The third-order valence-corrected chi connectivity index (χ3v) is 5.69. The second kappa shape index (κ2) is 5.31. The van der Waals surface area contributed by atoms with Gasteiger partial charge in [0.2, 0.25) is 0 Å². The lowest BCUT2D eigenvalue weighted by molar-refractivity contribution is 0.0519. The molecule has 3 atom stereocenters. The Morgan fingerprint density at radius 3 is 2.78 bits per heavy atom. The number of carbonyl (C=O) groups excluding carboxylic acids is 2. The van der Waals surface area contributed by atoms with Gasteiger partial charge in [0.15, 0.2) is 11.6 Å². The van der Waals surface area contributed by atoms with Gasteiger partial charge in [0.1, 0.15) is 0 Å². The highest BCUT2D eigenvalue weighted by Crippen LogP contribution is 2.40. The van der Waals surface area contributed by atoms with E-state index in [1.165, 1.54) is 0 Å². The standard InChI is InChI=1S/C19H22N2O2/c1-3-11-9-21(2)10-14-13(11)8-16(22)18-17(19(14)23)12-6-4-5-7-15(12)20-18/h4-7,11,13-14,20H,3,8-10H2,1-2H3/t11-,13-,14-/m0/s1. The second-order valence-electron chi connectivity index (χ2n) is 7.07. The van der Waals surface area contributed by atoms with Gasteiger partial charge in [-0.15, -0.1) is 0 Å². The van der Waals surface area contributed by atoms with Crippen LogP contribution in [0.25, 0.3) is 10.9 Å². The molecule has 0 spiro atoms. The molecule has 1 aromatic carbocycles. The number of Topliss-reactive ketones (excluding diaryl/α,β-unsaturated/α-hetero) is 2. The molecule has 2 aliphatic rings. The number of hydrogen-bond donors (Lipinski definition) is 1. The molecule has 1 N–H and O–H groups in total. The Balaban J connectivity index is 1.88. The average molecular weight is 310 g/mol. The summed E-state index contributed by atoms with van der Waals surface area (Å²) in [4.78, 5) is 31.6. The summed E-state index contributed by atoms with van der Waals surface area (Å²) in [5.74, 6) is 0.777. The second-order valence-corrected chi connectivity index (χ2v) is 7.07. The Morgan fingerprint density at radius 2 is 2.00 bits per heavy atom. The molecule has 0 amide bonds. The van der Waals surface area contributed by atoms with Crippen molar-refractivity contribution in [1.29, 1.82) is 0 Å². The summed E-state index contributed by atoms with van der Waals surface area (Å²) in [6.45, 7) is 3.90. The Bertz CT molecular complexity index is 792. The number of nitrogens with one attached hydrogen (secondary N) is 1. The van der Waals surface area contributed by atoms with Gasteiger partial charge in [-0.1, -0.05) is 31.5 Å². The number of nitrogens with zero attached hydrogens (tertiary/aromatic N) is 1. The van der Waals surface area contributed by atoms with Crippen molar-refractivity contribution in [2.24, 2.45) is 17.8 Å². The fraction of sp³-hybridized carbons (Fsp3) is 0.474. The van der Waals surface area contributed by atoms with E-state index >= 15 is 0 Å². The van der Waals surface area contributed by atoms with Crippen LogP contribution in [0.3, 0.4) is 0 Å². The molecule has 0 bridgehead atoms. The normalized spacial score (nSPS) is 28.5. The topological polar surface area (TPSA) is 53.2 Å². The van der Waals surface area contributed by atoms with Gasteiger partial charge in [-0.05, 0) is 24.9 Å². The summed E-state index contributed by atoms with van der Waals surface area (Å²) in [5.41, 5.74) is 2.04. The smallest absolute Gasteiger partial charge is 0.180 e. The van der Waals surface area contributed by atoms with E-state index in [0.717, 1.165) is 30.4 Å². The van der Waals surface area contributed by atoms with Crippen LogP contribution in [-0.4, -0.2) is 41.6 Å². The zero-order valence-electron chi connectivity index (χ0n) is 13.6. The van der Waals surface area contributed by atoms with Crippen LogP contribution in [0.2, 0.25) is 0 Å². The Labute approximate surface area is 135 Å². The van der Waals surface area contributed by atoms with Gasteiger partial charge in [0.25, 0.3) is 0 Å². The number of para-hydroxylation sites is 1. The Kier molecular flexibility index (Phi) is 3.38. The number of benzene rings is 1. The summed E-state index contributed by atoms with van der Waals surface area (Å²) < 4.78 is 0. The highest BCUT2D eigenvalue weighted by Gasteiger charge is 2.44. The Hall–Kier alpha value is -1.94. The van der Waals surface area contributed by atoms with Crippen molar-refractivity contribution in [3.8, 4) is 0 Å². The van der Waals surface area contributed by atoms with Crippen molar-refractivity contribution in [1.82, 2.24) is 9.88 Å². The molecule has 1 aliphatic heterocycles. The molecule has 4 nitrogen and oxygen atoms in total. The molecule has 23 heavy (non-hydrogen) atoms. The number of likely N-dealkylation sites (tertiary alicyclic amines) is 1. The quantitative estimate of drug-likeness (QED) is 0.880. The molecule has 1 saturated heterocycles. The van der Waals surface area contributed by atoms with Crippen molar-refractivity contribution in [2.45, 2.75) is 19.8 Å². The van der Waals surface area contributed by atoms with E-state index in [0.29, 0.717) is 23.6 Å². The lowest BCUT2D eigenvalue weighted by Crippen LogP contribution is -2.47. The predicted molar refractivity (Wildman–Crippen MR) is 89.8 cm³/mol. The Morgan fingerprint density at radius 1 is 1.22 bits per heavy atom. The van der Waals surface area contributed by atoms with Crippen LogP contribution in [0.1, 0.15) is 40.6 Å². The van der Waals surface area contributed by atoms with E-state index in [2.05, 4.69) is 23.9 Å². The zero-order valence-corrected chi connectivity index (χ0v) is 13.6. The van der Waals surface area contributed by atoms with Crippen molar-refractivity contribution < 1.29 is 9.59 Å². The molecule has 1 fully saturated rings. The highest BCUT2D eigenvalue weighted by atomic mass is 16.1. The van der Waals surface area contributed by atoms with Gasteiger partial charge in [-0.2, -0.15) is 0 Å². The van der Waals surface area contributed by atoms with Gasteiger partial charge >= 0.3 is 0 Å². The van der Waals surface area contributed by atoms with E-state index in [9.17, 15) is 9.59 Å². The fourth-order valence-corrected chi connectivity index (χ4v) is 4.54. The number of aromatic amines is 1. The van der Waals surface area contributed by atoms with Crippen LogP contribution in [0.5, 0.6) is 0 Å². The molecule has 2 heterocycles. The largest absolute Gasteiger partial charge is 0.351 e. The van der Waals surface area contributed by atoms with E-state index < -0.39 is 0 Å². The first kappa shape index (κ1) is 14.6. The SMILES string of the molecule is CC[C@H]1CN(C)C[C@@H]2C(=O)c3c([nH]c4ccccc34)C(=O)C[C@@H]12. The predicted octanol–water partition coefficient (Wildman–Crippen LogP) is 3.14. The molecule has 0 saturated carbocycles. The molecule has 2 aromatic rings. The van der Waals surface area contributed by atoms with Crippen molar-refractivity contribution in [3.63, 3.8) is 0 Å². The molecule has 4 heteroatoms. The lowest BCUT2D eigenvalue weighted by atomic mass is 9.73. The van der Waals surface area contributed by atoms with Crippen LogP contribution >= 0.6 is 0 Å². The first-order chi connectivity index (χ1) is 11.1. The number of hydrogen-bond acceptors (Lipinski definition) is 3. The zero-order chi connectivity index (χ0) is 16.1. The minimum Gasteiger partial charge on any atom is -0.351 e. The maximum Gasteiger partial charge on any atom is 0.180 e. The maximum atomic E-state index is 13.3. The summed E-state index contributed by atoms with van der Waals surface area (Å²) >= 11 is 0. The van der Waals surface area contributed by atoms with Crippen molar-refractivity contribution in [2.75, 3.05) is 20.1 Å². The lowest BCUT2D eigenvalue weighted by Gasteiger charge is -2.40. The number of piperidine rings is 1. The molecule has 1 aliphatic carbocycles. The van der Waals surface area contributed by atoms with E-state index in [1.54, 1.807) is 0 Å². The van der Waals surface area contributed by atoms with Gasteiger partial charge < -0.3 is 9.88 Å². The first-order valence-electron chi connectivity index (χ1n) is 8.46. The van der Waals surface area contributed by atoms with Crippen LogP contribution < -0.4 is 0 Å². The monoisotopic (exact) mass is 310 g/mol. The van der Waals surface area contributed by atoms with Crippen LogP contribution in [0, 0.1) is 17.8 Å². The summed E-state index contributed by atoms with van der Waals surface area (Å²) in [5, 5.41) is 0.891. The van der Waals surface area contributed by atoms with Gasteiger partial charge in [-0.3, -0.25) is 9.59 Å². The minimum atomic E-state index is -0.0666. The molecule has 4 rings (SSSR count). The molecular weight excluding hydrogens is 288 g/mol. The van der Waals surface area contributed by atoms with Gasteiger partial charge in [0.05, 0.1) is 11.3 Å². The highest BCUT2D eigenvalue weighted by molar-refractivity contribution is 6.18. The van der Waals surface area contributed by atoms with Crippen LogP contribution in [-0.2, 0) is 0 Å². The van der Waals surface area contributed by atoms with Crippen LogP contribution in [0.4, 0.5) is 0 Å². The van der Waals surface area contributed by atoms with Crippen molar-refractivity contribution in [3.05, 3.63) is 35.5 Å².